The van der Waals surface area contributed by atoms with E-state index in [-0.39, 0.29) is 24.8 Å². The average Bonchev–Trinajstić information content (AvgIpc) is 3.07. The number of carbonyl (C=O) groups excluding carboxylic acids is 2. The smallest absolute Gasteiger partial charge is 0.306 e. The van der Waals surface area contributed by atoms with Crippen LogP contribution in [0.3, 0.4) is 0 Å². The molecule has 0 atom stereocenters. The Morgan fingerprint density at radius 1 is 1.08 bits per heavy atom. The lowest BCUT2D eigenvalue weighted by molar-refractivity contribution is -0.142. The van der Waals surface area contributed by atoms with Crippen LogP contribution in [0.1, 0.15) is 47.1 Å². The Morgan fingerprint density at radius 2 is 1.81 bits per heavy atom. The van der Waals surface area contributed by atoms with Gasteiger partial charge in [-0.3, -0.25) is 9.59 Å². The van der Waals surface area contributed by atoms with Gasteiger partial charge >= 0.3 is 5.97 Å². The molecule has 1 heterocycles. The summed E-state index contributed by atoms with van der Waals surface area (Å²) in [6, 6.07) is 15.3. The molecular weight excluding hydrogens is 346 g/mol. The number of thiazole rings is 1. The lowest BCUT2D eigenvalue weighted by atomic mass is 10.0. The van der Waals surface area contributed by atoms with Crippen LogP contribution in [-0.2, 0) is 16.0 Å². The van der Waals surface area contributed by atoms with Gasteiger partial charge in [-0.25, -0.2) is 4.98 Å². The lowest BCUT2D eigenvalue weighted by Gasteiger charge is -2.07. The molecule has 0 bridgehead atoms. The van der Waals surface area contributed by atoms with Crippen molar-refractivity contribution >= 4 is 33.3 Å². The minimum atomic E-state index is -0.378. The van der Waals surface area contributed by atoms with Gasteiger partial charge in [0.1, 0.15) is 0 Å². The Morgan fingerprint density at radius 3 is 2.50 bits per heavy atom. The Balaban J connectivity index is 1.48. The van der Waals surface area contributed by atoms with Gasteiger partial charge in [-0.2, -0.15) is 0 Å². The van der Waals surface area contributed by atoms with Crippen LogP contribution >= 0.6 is 11.3 Å². The molecule has 26 heavy (non-hydrogen) atoms. The van der Waals surface area contributed by atoms with Crippen molar-refractivity contribution in [1.82, 2.24) is 4.98 Å². The first-order valence-electron chi connectivity index (χ1n) is 8.66. The number of nitrogens with zero attached hydrogens (tertiary/aromatic N) is 1. The predicted octanol–water partition coefficient (Wildman–Crippen LogP) is 4.78. The molecule has 1 aromatic heterocycles. The zero-order valence-corrected chi connectivity index (χ0v) is 15.7. The van der Waals surface area contributed by atoms with Crippen molar-refractivity contribution in [2.24, 2.45) is 0 Å². The minimum absolute atomic E-state index is 0.186. The third-order valence-electron chi connectivity index (χ3n) is 4.14. The van der Waals surface area contributed by atoms with Crippen LogP contribution < -0.4 is 0 Å². The Kier molecular flexibility index (Phi) is 5.78. The van der Waals surface area contributed by atoms with E-state index in [1.807, 2.05) is 36.4 Å². The molecule has 3 rings (SSSR count). The standard InChI is InChI=1S/C21H21NO3S/c1-14(2)15-7-9-16(10-8-15)18(23)13-25-21(24)12-11-20-22-17-5-3-4-6-19(17)26-20/h3-10,14H,11-13H2,1-2H3. The zero-order chi connectivity index (χ0) is 18.5. The number of aromatic nitrogens is 1. The molecule has 2 aromatic carbocycles. The number of fused-ring (bicyclic) bond motifs is 1. The summed E-state index contributed by atoms with van der Waals surface area (Å²) < 4.78 is 6.23. The van der Waals surface area contributed by atoms with Crippen LogP contribution in [0.2, 0.25) is 0 Å². The van der Waals surface area contributed by atoms with E-state index in [0.717, 1.165) is 15.2 Å². The summed E-state index contributed by atoms with van der Waals surface area (Å²) in [6.45, 7) is 3.98. The summed E-state index contributed by atoms with van der Waals surface area (Å²) in [5, 5.41) is 0.902. The number of ether oxygens (including phenoxy) is 1. The van der Waals surface area contributed by atoms with Gasteiger partial charge in [0.15, 0.2) is 12.4 Å². The fourth-order valence-electron chi connectivity index (χ4n) is 2.59. The average molecular weight is 367 g/mol. The maximum atomic E-state index is 12.1. The summed E-state index contributed by atoms with van der Waals surface area (Å²) in [5.41, 5.74) is 2.68. The van der Waals surface area contributed by atoms with E-state index in [2.05, 4.69) is 18.8 Å². The molecule has 0 saturated carbocycles. The second kappa shape index (κ2) is 8.23. The number of aryl methyl sites for hydroxylation is 1. The summed E-state index contributed by atoms with van der Waals surface area (Å²) in [4.78, 5) is 28.5. The van der Waals surface area contributed by atoms with Crippen molar-refractivity contribution < 1.29 is 14.3 Å². The highest BCUT2D eigenvalue weighted by atomic mass is 32.1. The third kappa shape index (κ3) is 4.55. The highest BCUT2D eigenvalue weighted by molar-refractivity contribution is 7.18. The fraction of sp³-hybridized carbons (Fsp3) is 0.286. The topological polar surface area (TPSA) is 56.3 Å². The summed E-state index contributed by atoms with van der Waals surface area (Å²) >= 11 is 1.58. The van der Waals surface area contributed by atoms with Gasteiger partial charge in [0, 0.05) is 12.0 Å². The first-order valence-corrected chi connectivity index (χ1v) is 9.48. The summed E-state index contributed by atoms with van der Waals surface area (Å²) in [6.07, 6.45) is 0.745. The van der Waals surface area contributed by atoms with Crippen molar-refractivity contribution in [2.45, 2.75) is 32.6 Å². The third-order valence-corrected chi connectivity index (χ3v) is 5.24. The number of rotatable bonds is 7. The van der Waals surface area contributed by atoms with Crippen molar-refractivity contribution in [3.8, 4) is 0 Å². The van der Waals surface area contributed by atoms with Crippen LogP contribution in [0.5, 0.6) is 0 Å². The lowest BCUT2D eigenvalue weighted by Crippen LogP contribution is -2.14. The van der Waals surface area contributed by atoms with Crippen LogP contribution in [0, 0.1) is 0 Å². The summed E-state index contributed by atoms with van der Waals surface area (Å²) in [5.74, 6) is -0.149. The highest BCUT2D eigenvalue weighted by Crippen LogP contribution is 2.22. The molecule has 0 aliphatic rings. The maximum Gasteiger partial charge on any atom is 0.306 e. The first kappa shape index (κ1) is 18.3. The predicted molar refractivity (Wildman–Crippen MR) is 104 cm³/mol. The van der Waals surface area contributed by atoms with E-state index in [9.17, 15) is 9.59 Å². The van der Waals surface area contributed by atoms with Crippen LogP contribution in [0.4, 0.5) is 0 Å². The van der Waals surface area contributed by atoms with Gasteiger partial charge in [-0.1, -0.05) is 50.2 Å². The molecule has 134 valence electrons. The number of carbonyl (C=O) groups is 2. The van der Waals surface area contributed by atoms with Crippen molar-refractivity contribution in [2.75, 3.05) is 6.61 Å². The number of Topliss-reactive ketones (excluding diaryl/α,β-unsaturated/α-hetero) is 1. The van der Waals surface area contributed by atoms with Crippen molar-refractivity contribution in [3.63, 3.8) is 0 Å². The second-order valence-electron chi connectivity index (χ2n) is 6.44. The van der Waals surface area contributed by atoms with Crippen molar-refractivity contribution in [1.29, 1.82) is 0 Å². The minimum Gasteiger partial charge on any atom is -0.457 e. The van der Waals surface area contributed by atoms with E-state index in [0.29, 0.717) is 17.9 Å². The normalized spacial score (nSPS) is 11.0. The van der Waals surface area contributed by atoms with Crippen LogP contribution in [0.25, 0.3) is 10.2 Å². The van der Waals surface area contributed by atoms with E-state index in [4.69, 9.17) is 4.74 Å². The number of hydrogen-bond donors (Lipinski definition) is 0. The molecule has 0 spiro atoms. The van der Waals surface area contributed by atoms with Gasteiger partial charge in [-0.05, 0) is 23.6 Å². The van der Waals surface area contributed by atoms with Crippen LogP contribution in [-0.4, -0.2) is 23.3 Å². The van der Waals surface area contributed by atoms with Gasteiger partial charge in [0.05, 0.1) is 21.6 Å². The Hall–Kier alpha value is -2.53. The maximum absolute atomic E-state index is 12.1. The van der Waals surface area contributed by atoms with Gasteiger partial charge < -0.3 is 4.74 Å². The molecule has 3 aromatic rings. The SMILES string of the molecule is CC(C)c1ccc(C(=O)COC(=O)CCc2nc3ccccc3s2)cc1. The first-order chi connectivity index (χ1) is 12.5. The molecule has 0 unspecified atom stereocenters. The molecule has 4 nitrogen and oxygen atoms in total. The highest BCUT2D eigenvalue weighted by Gasteiger charge is 2.12. The molecule has 0 N–H and O–H groups in total. The molecule has 0 saturated heterocycles. The van der Waals surface area contributed by atoms with Gasteiger partial charge in [0.2, 0.25) is 0 Å². The molecule has 0 aliphatic heterocycles. The fourth-order valence-corrected chi connectivity index (χ4v) is 3.56. The second-order valence-corrected chi connectivity index (χ2v) is 7.55. The number of esters is 1. The van der Waals surface area contributed by atoms with Crippen LogP contribution in [0.15, 0.2) is 48.5 Å². The van der Waals surface area contributed by atoms with E-state index >= 15 is 0 Å². The number of benzene rings is 2. The molecule has 0 aliphatic carbocycles. The number of hydrogen-bond acceptors (Lipinski definition) is 5. The molecular formula is C21H21NO3S. The van der Waals surface area contributed by atoms with Crippen molar-refractivity contribution in [3.05, 3.63) is 64.7 Å². The monoisotopic (exact) mass is 367 g/mol. The van der Waals surface area contributed by atoms with Gasteiger partial charge in [-0.15, -0.1) is 11.3 Å². The number of ketones is 1. The largest absolute Gasteiger partial charge is 0.457 e. The quantitative estimate of drug-likeness (QED) is 0.445. The van der Waals surface area contributed by atoms with E-state index in [1.54, 1.807) is 23.5 Å². The molecule has 0 radical (unpaired) electrons. The van der Waals surface area contributed by atoms with E-state index in [1.165, 1.54) is 5.56 Å². The van der Waals surface area contributed by atoms with E-state index < -0.39 is 0 Å². The number of para-hydroxylation sites is 1. The molecule has 0 amide bonds. The molecule has 5 heteroatoms. The Labute approximate surface area is 156 Å². The molecule has 0 fully saturated rings. The zero-order valence-electron chi connectivity index (χ0n) is 14.9. The van der Waals surface area contributed by atoms with Gasteiger partial charge in [0.25, 0.3) is 0 Å². The Bertz CT molecular complexity index is 879. The summed E-state index contributed by atoms with van der Waals surface area (Å²) in [7, 11) is 0.